The maximum absolute atomic E-state index is 12.8. The van der Waals surface area contributed by atoms with Crippen LogP contribution in [0.4, 0.5) is 16.2 Å². The summed E-state index contributed by atoms with van der Waals surface area (Å²) < 4.78 is 5.25. The molecule has 0 aliphatic carbocycles. The smallest absolute Gasteiger partial charge is 0.321 e. The topological polar surface area (TPSA) is 105 Å². The predicted octanol–water partition coefficient (Wildman–Crippen LogP) is 4.34. The Morgan fingerprint density at radius 2 is 1.50 bits per heavy atom. The molecule has 1 fully saturated rings. The third kappa shape index (κ3) is 6.35. The second-order valence-electron chi connectivity index (χ2n) is 8.48. The highest BCUT2D eigenvalue weighted by atomic mass is 16.5. The highest BCUT2D eigenvalue weighted by Crippen LogP contribution is 2.21. The molecule has 184 valence electrons. The minimum absolute atomic E-state index is 0.216. The number of urea groups is 1. The van der Waals surface area contributed by atoms with E-state index in [1.165, 1.54) is 0 Å². The third-order valence-corrected chi connectivity index (χ3v) is 5.89. The van der Waals surface area contributed by atoms with Gasteiger partial charge in [0.25, 0.3) is 5.91 Å². The molecule has 8 nitrogen and oxygen atoms in total. The van der Waals surface area contributed by atoms with Crippen LogP contribution in [-0.2, 0) is 14.3 Å². The summed E-state index contributed by atoms with van der Waals surface area (Å²) in [6.07, 6.45) is 1.23. The van der Waals surface area contributed by atoms with Crippen LogP contribution in [-0.4, -0.2) is 48.3 Å². The number of hydrogen-bond acceptors (Lipinski definition) is 5. The van der Waals surface area contributed by atoms with E-state index in [2.05, 4.69) is 10.6 Å². The quantitative estimate of drug-likeness (QED) is 0.383. The van der Waals surface area contributed by atoms with Crippen molar-refractivity contribution < 1.29 is 23.9 Å². The Morgan fingerprint density at radius 1 is 0.833 bits per heavy atom. The number of carbonyl (C=O) groups excluding carboxylic acids is 4. The minimum Gasteiger partial charge on any atom is -0.455 e. The number of ketones is 1. The fraction of sp³-hybridized carbons (Fsp3) is 0.214. The van der Waals surface area contributed by atoms with Gasteiger partial charge in [-0.1, -0.05) is 60.7 Å². The van der Waals surface area contributed by atoms with E-state index in [0.29, 0.717) is 41.9 Å². The summed E-state index contributed by atoms with van der Waals surface area (Å²) >= 11 is 0. The zero-order valence-electron chi connectivity index (χ0n) is 19.7. The average Bonchev–Trinajstić information content (AvgIpc) is 2.92. The van der Waals surface area contributed by atoms with Gasteiger partial charge in [-0.25, -0.2) is 4.79 Å². The number of para-hydroxylation sites is 2. The van der Waals surface area contributed by atoms with Crippen LogP contribution in [0, 0.1) is 5.92 Å². The first-order valence-electron chi connectivity index (χ1n) is 11.8. The highest BCUT2D eigenvalue weighted by Gasteiger charge is 2.30. The molecule has 4 rings (SSSR count). The van der Waals surface area contributed by atoms with Crippen LogP contribution in [0.2, 0.25) is 0 Å². The first kappa shape index (κ1) is 24.7. The van der Waals surface area contributed by atoms with Crippen LogP contribution in [0.1, 0.15) is 28.8 Å². The van der Waals surface area contributed by atoms with Crippen molar-refractivity contribution in [3.63, 3.8) is 0 Å². The molecule has 1 atom stereocenters. The van der Waals surface area contributed by atoms with E-state index in [1.807, 2.05) is 24.3 Å². The van der Waals surface area contributed by atoms with Gasteiger partial charge in [0, 0.05) is 29.9 Å². The second-order valence-corrected chi connectivity index (χ2v) is 8.48. The van der Waals surface area contributed by atoms with E-state index in [9.17, 15) is 19.2 Å². The van der Waals surface area contributed by atoms with Crippen LogP contribution >= 0.6 is 0 Å². The van der Waals surface area contributed by atoms with Crippen molar-refractivity contribution in [1.82, 2.24) is 4.90 Å². The molecule has 8 heteroatoms. The van der Waals surface area contributed by atoms with Gasteiger partial charge in [0.2, 0.25) is 0 Å². The van der Waals surface area contributed by atoms with E-state index in [-0.39, 0.29) is 18.4 Å². The molecule has 3 amide bonds. The number of rotatable bonds is 7. The van der Waals surface area contributed by atoms with Gasteiger partial charge in [-0.15, -0.1) is 0 Å². The monoisotopic (exact) mass is 485 g/mol. The molecule has 1 saturated heterocycles. The summed E-state index contributed by atoms with van der Waals surface area (Å²) in [4.78, 5) is 52.1. The second kappa shape index (κ2) is 11.8. The molecule has 0 unspecified atom stereocenters. The lowest BCUT2D eigenvalue weighted by Gasteiger charge is -2.31. The number of ether oxygens (including phenoxy) is 1. The molecule has 0 saturated carbocycles. The summed E-state index contributed by atoms with van der Waals surface area (Å²) in [5.74, 6) is -1.82. The van der Waals surface area contributed by atoms with Crippen LogP contribution in [0.3, 0.4) is 0 Å². The number of nitrogens with zero attached hydrogens (tertiary/aromatic N) is 1. The summed E-state index contributed by atoms with van der Waals surface area (Å²) in [5, 5.41) is 5.48. The number of benzene rings is 3. The number of esters is 1. The number of amides is 3. The first-order valence-corrected chi connectivity index (χ1v) is 11.8. The number of anilines is 2. The lowest BCUT2D eigenvalue weighted by Crippen LogP contribution is -2.45. The Hall–Kier alpha value is -4.46. The van der Waals surface area contributed by atoms with Crippen molar-refractivity contribution in [2.24, 2.45) is 5.92 Å². The Labute approximate surface area is 209 Å². The van der Waals surface area contributed by atoms with Crippen molar-refractivity contribution in [1.29, 1.82) is 0 Å². The minimum atomic E-state index is -0.550. The van der Waals surface area contributed by atoms with E-state index >= 15 is 0 Å². The lowest BCUT2D eigenvalue weighted by molar-refractivity contribution is -0.152. The summed E-state index contributed by atoms with van der Waals surface area (Å²) in [7, 11) is 0. The predicted molar refractivity (Wildman–Crippen MR) is 136 cm³/mol. The molecule has 0 bridgehead atoms. The molecule has 3 aromatic rings. The Morgan fingerprint density at radius 3 is 2.25 bits per heavy atom. The van der Waals surface area contributed by atoms with Gasteiger partial charge >= 0.3 is 12.0 Å². The molecule has 0 aromatic heterocycles. The van der Waals surface area contributed by atoms with Crippen LogP contribution in [0.15, 0.2) is 84.9 Å². The molecule has 0 radical (unpaired) electrons. The molecule has 0 spiro atoms. The molecule has 2 N–H and O–H groups in total. The Bertz CT molecular complexity index is 1230. The van der Waals surface area contributed by atoms with Gasteiger partial charge < -0.3 is 20.3 Å². The van der Waals surface area contributed by atoms with Crippen LogP contribution in [0.25, 0.3) is 0 Å². The Balaban J connectivity index is 1.30. The lowest BCUT2D eigenvalue weighted by atomic mass is 9.98. The third-order valence-electron chi connectivity index (χ3n) is 5.89. The normalized spacial score (nSPS) is 15.0. The van der Waals surface area contributed by atoms with Crippen LogP contribution in [0.5, 0.6) is 0 Å². The van der Waals surface area contributed by atoms with E-state index in [1.54, 1.807) is 65.6 Å². The van der Waals surface area contributed by atoms with Crippen molar-refractivity contribution >= 4 is 35.1 Å². The molecule has 36 heavy (non-hydrogen) atoms. The molecule has 3 aromatic carbocycles. The zero-order chi connectivity index (χ0) is 25.3. The standard InChI is InChI=1S/C28H27N3O5/c32-25(30-24-16-8-7-15-23(24)26(33)20-10-3-1-4-11-20)19-36-27(34)21-12-9-17-31(18-21)28(35)29-22-13-5-2-6-14-22/h1-8,10-11,13-16,21H,9,12,17-19H2,(H,29,35)(H,30,32)/t21-/m1/s1. The molecular formula is C28H27N3O5. The fourth-order valence-electron chi connectivity index (χ4n) is 4.05. The van der Waals surface area contributed by atoms with Crippen molar-refractivity contribution in [2.75, 3.05) is 30.3 Å². The molecule has 1 aliphatic heterocycles. The average molecular weight is 486 g/mol. The van der Waals surface area contributed by atoms with Gasteiger partial charge in [0.05, 0.1) is 11.6 Å². The van der Waals surface area contributed by atoms with Gasteiger partial charge in [-0.3, -0.25) is 14.4 Å². The van der Waals surface area contributed by atoms with Gasteiger partial charge in [0.15, 0.2) is 12.4 Å². The fourth-order valence-corrected chi connectivity index (χ4v) is 4.05. The highest BCUT2D eigenvalue weighted by molar-refractivity contribution is 6.13. The van der Waals surface area contributed by atoms with E-state index in [0.717, 1.165) is 0 Å². The number of piperidine rings is 1. The zero-order valence-corrected chi connectivity index (χ0v) is 19.7. The van der Waals surface area contributed by atoms with Gasteiger partial charge in [-0.05, 0) is 37.1 Å². The maximum Gasteiger partial charge on any atom is 0.321 e. The molecule has 1 heterocycles. The maximum atomic E-state index is 12.8. The van der Waals surface area contributed by atoms with E-state index < -0.39 is 24.4 Å². The van der Waals surface area contributed by atoms with Crippen molar-refractivity contribution in [3.8, 4) is 0 Å². The summed E-state index contributed by atoms with van der Waals surface area (Å²) in [5.41, 5.74) is 1.86. The first-order chi connectivity index (χ1) is 17.5. The SMILES string of the molecule is O=C(COC(=O)[C@@H]1CCCN(C(=O)Nc2ccccc2)C1)Nc1ccccc1C(=O)c1ccccc1. The molecule has 1 aliphatic rings. The van der Waals surface area contributed by atoms with Gasteiger partial charge in [-0.2, -0.15) is 0 Å². The number of nitrogens with one attached hydrogen (secondary N) is 2. The van der Waals surface area contributed by atoms with Crippen molar-refractivity contribution in [3.05, 3.63) is 96.1 Å². The number of hydrogen-bond donors (Lipinski definition) is 2. The molecular weight excluding hydrogens is 458 g/mol. The van der Waals surface area contributed by atoms with Crippen LogP contribution < -0.4 is 10.6 Å². The van der Waals surface area contributed by atoms with E-state index in [4.69, 9.17) is 4.74 Å². The summed E-state index contributed by atoms with van der Waals surface area (Å²) in [6, 6.07) is 24.3. The largest absolute Gasteiger partial charge is 0.455 e. The Kier molecular flexibility index (Phi) is 8.08. The summed E-state index contributed by atoms with van der Waals surface area (Å²) in [6.45, 7) is 0.266. The number of likely N-dealkylation sites (tertiary alicyclic amines) is 1. The van der Waals surface area contributed by atoms with Gasteiger partial charge in [0.1, 0.15) is 0 Å². The number of carbonyl (C=O) groups is 4. The van der Waals surface area contributed by atoms with Crippen molar-refractivity contribution in [2.45, 2.75) is 12.8 Å².